The first-order valence-electron chi connectivity index (χ1n) is 5.47. The van der Waals surface area contributed by atoms with Crippen LogP contribution in [0.1, 0.15) is 33.6 Å². The predicted octanol–water partition coefficient (Wildman–Crippen LogP) is -0.750. The lowest BCUT2D eigenvalue weighted by Crippen LogP contribution is -2.55. The fourth-order valence-electron chi connectivity index (χ4n) is 1.45. The van der Waals surface area contributed by atoms with Crippen molar-refractivity contribution in [1.82, 2.24) is 0 Å². The van der Waals surface area contributed by atoms with Crippen LogP contribution in [-0.4, -0.2) is 56.6 Å². The molecule has 0 aliphatic heterocycles. The summed E-state index contributed by atoms with van der Waals surface area (Å²) in [4.78, 5) is 0. The van der Waals surface area contributed by atoms with Crippen LogP contribution in [0.2, 0.25) is 0 Å². The van der Waals surface area contributed by atoms with E-state index in [1.807, 2.05) is 20.8 Å². The molecule has 0 aromatic carbocycles. The Morgan fingerprint density at radius 2 is 1.25 bits per heavy atom. The van der Waals surface area contributed by atoms with Gasteiger partial charge in [-0.3, -0.25) is 0 Å². The van der Waals surface area contributed by atoms with E-state index in [0.29, 0.717) is 6.42 Å². The Bertz CT molecular complexity index is 189. The predicted molar refractivity (Wildman–Crippen MR) is 59.8 cm³/mol. The van der Waals surface area contributed by atoms with Crippen molar-refractivity contribution in [3.63, 3.8) is 0 Å². The highest BCUT2D eigenvalue weighted by molar-refractivity contribution is 4.93. The largest absolute Gasteiger partial charge is 0.394 e. The summed E-state index contributed by atoms with van der Waals surface area (Å²) in [5.74, 6) is 0. The van der Waals surface area contributed by atoms with Crippen molar-refractivity contribution < 1.29 is 25.5 Å². The maximum absolute atomic E-state index is 10.1. The monoisotopic (exact) mass is 236 g/mol. The Labute approximate surface area is 96.4 Å². The molecule has 0 amide bonds. The third kappa shape index (κ3) is 4.35. The maximum Gasteiger partial charge on any atom is 0.121 e. The van der Waals surface area contributed by atoms with Crippen molar-refractivity contribution >= 4 is 0 Å². The average molecular weight is 236 g/mol. The number of hydrogen-bond acceptors (Lipinski definition) is 5. The third-order valence-corrected chi connectivity index (χ3v) is 2.78. The second kappa shape index (κ2) is 5.93. The third-order valence-electron chi connectivity index (χ3n) is 2.78. The second-order valence-corrected chi connectivity index (χ2v) is 5.45. The van der Waals surface area contributed by atoms with E-state index in [1.54, 1.807) is 0 Å². The molecule has 0 saturated heterocycles. The lowest BCUT2D eigenvalue weighted by atomic mass is 9.79. The van der Waals surface area contributed by atoms with Crippen LogP contribution >= 0.6 is 0 Å². The molecule has 5 N–H and O–H groups in total. The average Bonchev–Trinajstić information content (AvgIpc) is 2.22. The SMILES string of the molecule is CC(C)(C)CCC(O)([C@H](O)CO)[C@@H](O)CO. The molecule has 0 radical (unpaired) electrons. The van der Waals surface area contributed by atoms with Gasteiger partial charge in [0.05, 0.1) is 13.2 Å². The maximum atomic E-state index is 10.1. The fraction of sp³-hybridized carbons (Fsp3) is 1.00. The van der Waals surface area contributed by atoms with E-state index in [9.17, 15) is 15.3 Å². The summed E-state index contributed by atoms with van der Waals surface area (Å²) >= 11 is 0. The molecular weight excluding hydrogens is 212 g/mol. The summed E-state index contributed by atoms with van der Waals surface area (Å²) in [6.07, 6.45) is -2.26. The Morgan fingerprint density at radius 3 is 1.50 bits per heavy atom. The quantitative estimate of drug-likeness (QED) is 0.418. The standard InChI is InChI=1S/C11H24O5/c1-10(2,3)4-5-11(16,8(14)6-12)9(15)7-13/h8-9,12-16H,4-7H2,1-3H3/t8-,9+,11?. The van der Waals surface area contributed by atoms with E-state index in [0.717, 1.165) is 0 Å². The smallest absolute Gasteiger partial charge is 0.121 e. The zero-order chi connectivity index (χ0) is 13.0. The van der Waals surface area contributed by atoms with Gasteiger partial charge >= 0.3 is 0 Å². The van der Waals surface area contributed by atoms with Gasteiger partial charge in [-0.1, -0.05) is 20.8 Å². The summed E-state index contributed by atoms with van der Waals surface area (Å²) in [5, 5.41) is 46.8. The van der Waals surface area contributed by atoms with Gasteiger partial charge in [-0.05, 0) is 18.3 Å². The summed E-state index contributed by atoms with van der Waals surface area (Å²) in [5.41, 5.74) is -1.94. The van der Waals surface area contributed by atoms with Crippen LogP contribution in [0.3, 0.4) is 0 Å². The minimum absolute atomic E-state index is 0.0711. The Kier molecular flexibility index (Phi) is 5.86. The highest BCUT2D eigenvalue weighted by Crippen LogP contribution is 2.29. The van der Waals surface area contributed by atoms with E-state index < -0.39 is 31.0 Å². The minimum atomic E-state index is -1.86. The van der Waals surface area contributed by atoms with Gasteiger partial charge < -0.3 is 25.5 Å². The van der Waals surface area contributed by atoms with E-state index in [4.69, 9.17) is 10.2 Å². The molecule has 0 aromatic rings. The van der Waals surface area contributed by atoms with Gasteiger partial charge in [0.25, 0.3) is 0 Å². The van der Waals surface area contributed by atoms with Crippen LogP contribution in [0.15, 0.2) is 0 Å². The lowest BCUT2D eigenvalue weighted by molar-refractivity contribution is -0.173. The lowest BCUT2D eigenvalue weighted by Gasteiger charge is -2.37. The van der Waals surface area contributed by atoms with E-state index in [-0.39, 0.29) is 11.8 Å². The van der Waals surface area contributed by atoms with Gasteiger partial charge in [-0.2, -0.15) is 0 Å². The van der Waals surface area contributed by atoms with Gasteiger partial charge in [-0.15, -0.1) is 0 Å². The number of aliphatic hydroxyl groups excluding tert-OH is 4. The van der Waals surface area contributed by atoms with E-state index in [1.165, 1.54) is 0 Å². The molecule has 0 aromatic heterocycles. The van der Waals surface area contributed by atoms with Crippen LogP contribution < -0.4 is 0 Å². The van der Waals surface area contributed by atoms with Crippen LogP contribution in [0.25, 0.3) is 0 Å². The van der Waals surface area contributed by atoms with Gasteiger partial charge in [-0.25, -0.2) is 0 Å². The van der Waals surface area contributed by atoms with Gasteiger partial charge in [0, 0.05) is 0 Å². The minimum Gasteiger partial charge on any atom is -0.394 e. The molecule has 3 atom stereocenters. The molecule has 0 aliphatic carbocycles. The molecule has 0 spiro atoms. The molecule has 5 heteroatoms. The number of hydrogen-bond donors (Lipinski definition) is 5. The highest BCUT2D eigenvalue weighted by Gasteiger charge is 2.42. The first-order valence-corrected chi connectivity index (χ1v) is 5.47. The summed E-state index contributed by atoms with van der Waals surface area (Å²) in [7, 11) is 0. The van der Waals surface area contributed by atoms with Gasteiger partial charge in [0.1, 0.15) is 17.8 Å². The molecule has 98 valence electrons. The van der Waals surface area contributed by atoms with Crippen molar-refractivity contribution in [3.8, 4) is 0 Å². The molecule has 0 rings (SSSR count). The Hall–Kier alpha value is -0.200. The highest BCUT2D eigenvalue weighted by atomic mass is 16.4. The van der Waals surface area contributed by atoms with Crippen molar-refractivity contribution in [2.24, 2.45) is 5.41 Å². The van der Waals surface area contributed by atoms with E-state index in [2.05, 4.69) is 0 Å². The van der Waals surface area contributed by atoms with Gasteiger partial charge in [0.15, 0.2) is 0 Å². The van der Waals surface area contributed by atoms with Gasteiger partial charge in [0.2, 0.25) is 0 Å². The van der Waals surface area contributed by atoms with Crippen molar-refractivity contribution in [2.45, 2.75) is 51.4 Å². The van der Waals surface area contributed by atoms with Crippen LogP contribution in [0, 0.1) is 5.41 Å². The summed E-state index contributed by atoms with van der Waals surface area (Å²) in [6, 6.07) is 0. The molecule has 16 heavy (non-hydrogen) atoms. The topological polar surface area (TPSA) is 101 Å². The van der Waals surface area contributed by atoms with Crippen LogP contribution in [-0.2, 0) is 0 Å². The molecule has 0 fully saturated rings. The second-order valence-electron chi connectivity index (χ2n) is 5.45. The molecule has 0 saturated carbocycles. The van der Waals surface area contributed by atoms with Crippen molar-refractivity contribution in [2.75, 3.05) is 13.2 Å². The zero-order valence-electron chi connectivity index (χ0n) is 10.2. The summed E-state index contributed by atoms with van der Waals surface area (Å²) < 4.78 is 0. The Morgan fingerprint density at radius 1 is 0.875 bits per heavy atom. The van der Waals surface area contributed by atoms with Crippen LogP contribution in [0.5, 0.6) is 0 Å². The molecule has 5 nitrogen and oxygen atoms in total. The van der Waals surface area contributed by atoms with Crippen LogP contribution in [0.4, 0.5) is 0 Å². The number of aliphatic hydroxyl groups is 5. The molecule has 0 heterocycles. The zero-order valence-corrected chi connectivity index (χ0v) is 10.2. The first-order chi connectivity index (χ1) is 7.17. The van der Waals surface area contributed by atoms with Crippen molar-refractivity contribution in [1.29, 1.82) is 0 Å². The van der Waals surface area contributed by atoms with Crippen molar-refractivity contribution in [3.05, 3.63) is 0 Å². The normalized spacial score (nSPS) is 20.2. The summed E-state index contributed by atoms with van der Waals surface area (Å²) in [6.45, 7) is 4.58. The molecule has 0 aliphatic rings. The molecular formula is C11H24O5. The fourth-order valence-corrected chi connectivity index (χ4v) is 1.45. The molecule has 1 unspecified atom stereocenters. The first kappa shape index (κ1) is 15.8. The number of rotatable bonds is 6. The molecule has 0 bridgehead atoms. The van der Waals surface area contributed by atoms with E-state index >= 15 is 0 Å². The Balaban J connectivity index is 4.67.